The molecule has 1 aromatic rings. The van der Waals surface area contributed by atoms with Crippen LogP contribution in [-0.2, 0) is 14.8 Å². The maximum absolute atomic E-state index is 12.4. The van der Waals surface area contributed by atoms with Crippen molar-refractivity contribution >= 4 is 10.0 Å². The van der Waals surface area contributed by atoms with Crippen molar-refractivity contribution in [1.82, 2.24) is 4.31 Å². The molecule has 1 saturated heterocycles. The van der Waals surface area contributed by atoms with Gasteiger partial charge in [-0.3, -0.25) is 0 Å². The number of ether oxygens (including phenoxy) is 1. The maximum Gasteiger partial charge on any atom is 0.243 e. The van der Waals surface area contributed by atoms with Gasteiger partial charge in [-0.2, -0.15) is 4.31 Å². The van der Waals surface area contributed by atoms with Gasteiger partial charge in [-0.25, -0.2) is 8.42 Å². The van der Waals surface area contributed by atoms with Crippen LogP contribution in [0.3, 0.4) is 0 Å². The van der Waals surface area contributed by atoms with E-state index in [1.165, 1.54) is 4.31 Å². The summed E-state index contributed by atoms with van der Waals surface area (Å²) in [6.45, 7) is 3.61. The number of sulfonamides is 1. The van der Waals surface area contributed by atoms with Crippen LogP contribution in [0.5, 0.6) is 0 Å². The number of piperidine rings is 1. The molecule has 0 N–H and O–H groups in total. The fourth-order valence-corrected chi connectivity index (χ4v) is 3.77. The topological polar surface area (TPSA) is 46.6 Å². The van der Waals surface area contributed by atoms with E-state index in [4.69, 9.17) is 4.74 Å². The number of hydrogen-bond donors (Lipinski definition) is 0. The first kappa shape index (κ1) is 13.5. The van der Waals surface area contributed by atoms with E-state index in [-0.39, 0.29) is 6.10 Å². The molecular formula is C13H19NO3S. The van der Waals surface area contributed by atoms with Gasteiger partial charge in [0.25, 0.3) is 0 Å². The van der Waals surface area contributed by atoms with Gasteiger partial charge in [0.15, 0.2) is 0 Å². The molecule has 1 aromatic carbocycles. The van der Waals surface area contributed by atoms with Gasteiger partial charge in [0.1, 0.15) is 0 Å². The molecule has 0 amide bonds. The molecule has 0 bridgehead atoms. The second-order valence-electron chi connectivity index (χ2n) is 4.40. The van der Waals surface area contributed by atoms with Crippen LogP contribution in [0.2, 0.25) is 0 Å². The van der Waals surface area contributed by atoms with Gasteiger partial charge in [0.05, 0.1) is 11.0 Å². The minimum atomic E-state index is -3.36. The summed E-state index contributed by atoms with van der Waals surface area (Å²) in [5, 5.41) is 0. The summed E-state index contributed by atoms with van der Waals surface area (Å²) in [6.07, 6.45) is 1.83. The van der Waals surface area contributed by atoms with Crippen LogP contribution in [0, 0.1) is 0 Å². The van der Waals surface area contributed by atoms with E-state index in [9.17, 15) is 8.42 Å². The molecule has 1 atom stereocenters. The van der Waals surface area contributed by atoms with E-state index in [0.717, 1.165) is 12.8 Å². The molecule has 1 heterocycles. The Bertz CT molecular complexity index is 470. The van der Waals surface area contributed by atoms with Crippen molar-refractivity contribution in [3.63, 3.8) is 0 Å². The highest BCUT2D eigenvalue weighted by Gasteiger charge is 2.30. The predicted octanol–water partition coefficient (Wildman–Crippen LogP) is 1.88. The third-order valence-corrected chi connectivity index (χ3v) is 5.00. The Morgan fingerprint density at radius 1 is 1.33 bits per heavy atom. The minimum absolute atomic E-state index is 0.0298. The van der Waals surface area contributed by atoms with E-state index in [2.05, 4.69) is 0 Å². The van der Waals surface area contributed by atoms with Crippen molar-refractivity contribution in [2.24, 2.45) is 0 Å². The van der Waals surface area contributed by atoms with Gasteiger partial charge < -0.3 is 4.74 Å². The van der Waals surface area contributed by atoms with Crippen molar-refractivity contribution in [3.05, 3.63) is 30.3 Å². The lowest BCUT2D eigenvalue weighted by Gasteiger charge is -2.31. The molecule has 0 spiro atoms. The first-order valence-corrected chi connectivity index (χ1v) is 7.75. The van der Waals surface area contributed by atoms with E-state index in [1.54, 1.807) is 24.3 Å². The summed E-state index contributed by atoms with van der Waals surface area (Å²) >= 11 is 0. The highest BCUT2D eigenvalue weighted by atomic mass is 32.2. The minimum Gasteiger partial charge on any atom is -0.377 e. The van der Waals surface area contributed by atoms with Gasteiger partial charge in [0, 0.05) is 19.7 Å². The average Bonchev–Trinajstić information content (AvgIpc) is 2.40. The maximum atomic E-state index is 12.4. The smallest absolute Gasteiger partial charge is 0.243 e. The molecule has 1 fully saturated rings. The number of rotatable bonds is 4. The highest BCUT2D eigenvalue weighted by Crippen LogP contribution is 2.21. The zero-order chi connectivity index (χ0) is 13.0. The first-order chi connectivity index (χ1) is 8.64. The fourth-order valence-electron chi connectivity index (χ4n) is 2.24. The monoisotopic (exact) mass is 269 g/mol. The van der Waals surface area contributed by atoms with Crippen LogP contribution in [0.25, 0.3) is 0 Å². The Labute approximate surface area is 109 Å². The molecule has 1 unspecified atom stereocenters. The van der Waals surface area contributed by atoms with Gasteiger partial charge in [-0.05, 0) is 31.9 Å². The average molecular weight is 269 g/mol. The molecule has 1 aliphatic heterocycles. The van der Waals surface area contributed by atoms with Crippen LogP contribution in [0.1, 0.15) is 19.8 Å². The summed E-state index contributed by atoms with van der Waals surface area (Å²) < 4.78 is 31.9. The van der Waals surface area contributed by atoms with E-state index in [0.29, 0.717) is 24.6 Å². The zero-order valence-corrected chi connectivity index (χ0v) is 11.4. The van der Waals surface area contributed by atoms with E-state index in [1.807, 2.05) is 13.0 Å². The van der Waals surface area contributed by atoms with Crippen LogP contribution in [0.15, 0.2) is 35.2 Å². The predicted molar refractivity (Wildman–Crippen MR) is 69.8 cm³/mol. The molecule has 0 saturated carbocycles. The second kappa shape index (κ2) is 5.82. The normalized spacial score (nSPS) is 21.9. The quantitative estimate of drug-likeness (QED) is 0.838. The van der Waals surface area contributed by atoms with Gasteiger partial charge in [0.2, 0.25) is 10.0 Å². The van der Waals surface area contributed by atoms with E-state index >= 15 is 0 Å². The molecule has 18 heavy (non-hydrogen) atoms. The van der Waals surface area contributed by atoms with Crippen LogP contribution >= 0.6 is 0 Å². The lowest BCUT2D eigenvalue weighted by Crippen LogP contribution is -2.43. The first-order valence-electron chi connectivity index (χ1n) is 6.31. The summed E-state index contributed by atoms with van der Waals surface area (Å²) in [5.74, 6) is 0. The summed E-state index contributed by atoms with van der Waals surface area (Å²) in [7, 11) is -3.36. The van der Waals surface area contributed by atoms with Gasteiger partial charge in [-0.15, -0.1) is 0 Å². The van der Waals surface area contributed by atoms with Crippen molar-refractivity contribution in [3.8, 4) is 0 Å². The molecule has 0 radical (unpaired) electrons. The largest absolute Gasteiger partial charge is 0.377 e. The molecule has 5 heteroatoms. The van der Waals surface area contributed by atoms with Crippen LogP contribution in [0.4, 0.5) is 0 Å². The van der Waals surface area contributed by atoms with Crippen LogP contribution < -0.4 is 0 Å². The molecule has 2 rings (SSSR count). The van der Waals surface area contributed by atoms with Crippen molar-refractivity contribution in [1.29, 1.82) is 0 Å². The Kier molecular flexibility index (Phi) is 4.37. The molecule has 0 aromatic heterocycles. The van der Waals surface area contributed by atoms with Crippen molar-refractivity contribution in [2.45, 2.75) is 30.8 Å². The number of nitrogens with zero attached hydrogens (tertiary/aromatic N) is 1. The Hall–Kier alpha value is -0.910. The second-order valence-corrected chi connectivity index (χ2v) is 6.33. The van der Waals surface area contributed by atoms with Crippen molar-refractivity contribution in [2.75, 3.05) is 19.7 Å². The van der Waals surface area contributed by atoms with Crippen LogP contribution in [-0.4, -0.2) is 38.5 Å². The lowest BCUT2D eigenvalue weighted by molar-refractivity contribution is 0.0265. The summed E-state index contributed by atoms with van der Waals surface area (Å²) in [5.41, 5.74) is 0. The molecule has 100 valence electrons. The molecule has 1 aliphatic rings. The zero-order valence-electron chi connectivity index (χ0n) is 10.6. The third-order valence-electron chi connectivity index (χ3n) is 3.12. The molecule has 4 nitrogen and oxygen atoms in total. The third kappa shape index (κ3) is 2.91. The van der Waals surface area contributed by atoms with Crippen molar-refractivity contribution < 1.29 is 13.2 Å². The molecule has 0 aliphatic carbocycles. The Morgan fingerprint density at radius 3 is 2.72 bits per heavy atom. The Morgan fingerprint density at radius 2 is 2.06 bits per heavy atom. The number of hydrogen-bond acceptors (Lipinski definition) is 3. The Balaban J connectivity index is 2.15. The fraction of sp³-hybridized carbons (Fsp3) is 0.538. The summed E-state index contributed by atoms with van der Waals surface area (Å²) in [4.78, 5) is 0.363. The van der Waals surface area contributed by atoms with Gasteiger partial charge >= 0.3 is 0 Å². The van der Waals surface area contributed by atoms with E-state index < -0.39 is 10.0 Å². The highest BCUT2D eigenvalue weighted by molar-refractivity contribution is 7.89. The molecular weight excluding hydrogens is 250 g/mol. The lowest BCUT2D eigenvalue weighted by atomic mass is 10.1. The number of benzene rings is 1. The SMILES string of the molecule is CCOC1CCCN(S(=O)(=O)c2ccccc2)C1. The van der Waals surface area contributed by atoms with Gasteiger partial charge in [-0.1, -0.05) is 18.2 Å². The standard InChI is InChI=1S/C13H19NO3S/c1-2-17-12-7-6-10-14(11-12)18(15,16)13-8-4-3-5-9-13/h3-5,8-9,12H,2,6-7,10-11H2,1H3. The summed E-state index contributed by atoms with van der Waals surface area (Å²) in [6, 6.07) is 8.59.